The van der Waals surface area contributed by atoms with Crippen LogP contribution in [0.15, 0.2) is 18.5 Å². The number of nitrogens with one attached hydrogen (secondary N) is 1. The fourth-order valence-corrected chi connectivity index (χ4v) is 1.10. The maximum Gasteiger partial charge on any atom is 0.253 e. The molecule has 0 aliphatic heterocycles. The van der Waals surface area contributed by atoms with Crippen molar-refractivity contribution in [3.05, 3.63) is 24.0 Å². The minimum Gasteiger partial charge on any atom is -0.397 e. The summed E-state index contributed by atoms with van der Waals surface area (Å²) >= 11 is 0. The molecule has 0 aromatic carbocycles. The minimum absolute atomic E-state index is 0.0950. The van der Waals surface area contributed by atoms with Gasteiger partial charge in [-0.1, -0.05) is 0 Å². The van der Waals surface area contributed by atoms with Gasteiger partial charge in [-0.15, -0.1) is 0 Å². The van der Waals surface area contributed by atoms with E-state index in [0.717, 1.165) is 12.8 Å². The molecule has 0 saturated heterocycles. The maximum atomic E-state index is 11.5. The summed E-state index contributed by atoms with van der Waals surface area (Å²) < 4.78 is 0. The number of amides is 1. The van der Waals surface area contributed by atoms with Crippen LogP contribution in [0.5, 0.6) is 0 Å². The number of anilines is 1. The molecular weight excluding hydrogens is 166 g/mol. The molecule has 1 amide bonds. The summed E-state index contributed by atoms with van der Waals surface area (Å²) in [5.74, 6) is -0.0950. The molecule has 1 saturated carbocycles. The zero-order chi connectivity index (χ0) is 9.26. The molecule has 4 nitrogen and oxygen atoms in total. The summed E-state index contributed by atoms with van der Waals surface area (Å²) in [4.78, 5) is 15.3. The Morgan fingerprint density at radius 3 is 3.00 bits per heavy atom. The second-order valence-corrected chi connectivity index (χ2v) is 3.21. The van der Waals surface area contributed by atoms with Gasteiger partial charge in [-0.2, -0.15) is 0 Å². The van der Waals surface area contributed by atoms with Crippen LogP contribution in [0.3, 0.4) is 0 Å². The van der Waals surface area contributed by atoms with Crippen LogP contribution < -0.4 is 11.1 Å². The lowest BCUT2D eigenvalue weighted by atomic mass is 10.2. The summed E-state index contributed by atoms with van der Waals surface area (Å²) in [5.41, 5.74) is 6.54. The first-order valence-electron chi connectivity index (χ1n) is 4.28. The van der Waals surface area contributed by atoms with E-state index in [9.17, 15) is 4.79 Å². The van der Waals surface area contributed by atoms with Crippen molar-refractivity contribution in [3.63, 3.8) is 0 Å². The molecule has 2 rings (SSSR count). The van der Waals surface area contributed by atoms with Crippen molar-refractivity contribution in [2.75, 3.05) is 5.73 Å². The van der Waals surface area contributed by atoms with Gasteiger partial charge in [0.1, 0.15) is 0 Å². The Hall–Kier alpha value is -1.58. The predicted molar refractivity (Wildman–Crippen MR) is 49.1 cm³/mol. The van der Waals surface area contributed by atoms with Crippen LogP contribution in [-0.2, 0) is 0 Å². The molecule has 0 atom stereocenters. The lowest BCUT2D eigenvalue weighted by molar-refractivity contribution is 0.0952. The lowest BCUT2D eigenvalue weighted by Crippen LogP contribution is -2.26. The Balaban J connectivity index is 2.13. The first kappa shape index (κ1) is 8.04. The lowest BCUT2D eigenvalue weighted by Gasteiger charge is -2.04. The molecule has 1 aromatic heterocycles. The molecular formula is C9H11N3O. The Bertz CT molecular complexity index is 333. The Kier molecular flexibility index (Phi) is 1.88. The number of aromatic nitrogens is 1. The van der Waals surface area contributed by atoms with E-state index in [1.807, 2.05) is 0 Å². The van der Waals surface area contributed by atoms with Gasteiger partial charge in [0.25, 0.3) is 5.91 Å². The molecule has 3 N–H and O–H groups in total. The van der Waals surface area contributed by atoms with Crippen LogP contribution in [0.25, 0.3) is 0 Å². The van der Waals surface area contributed by atoms with Crippen molar-refractivity contribution in [1.29, 1.82) is 0 Å². The molecule has 1 fully saturated rings. The quantitative estimate of drug-likeness (QED) is 0.693. The van der Waals surface area contributed by atoms with Gasteiger partial charge in [0, 0.05) is 12.2 Å². The topological polar surface area (TPSA) is 68.0 Å². The Morgan fingerprint density at radius 1 is 1.62 bits per heavy atom. The SMILES string of the molecule is Nc1cnccc1C(=O)NC1CC1. The number of nitrogens with zero attached hydrogens (tertiary/aromatic N) is 1. The van der Waals surface area contributed by atoms with Crippen molar-refractivity contribution in [1.82, 2.24) is 10.3 Å². The molecule has 68 valence electrons. The second-order valence-electron chi connectivity index (χ2n) is 3.21. The zero-order valence-corrected chi connectivity index (χ0v) is 7.16. The van der Waals surface area contributed by atoms with E-state index in [1.165, 1.54) is 6.20 Å². The number of carbonyl (C=O) groups is 1. The smallest absolute Gasteiger partial charge is 0.253 e. The van der Waals surface area contributed by atoms with E-state index < -0.39 is 0 Å². The van der Waals surface area contributed by atoms with Gasteiger partial charge in [-0.25, -0.2) is 0 Å². The molecule has 1 heterocycles. The number of hydrogen-bond acceptors (Lipinski definition) is 3. The molecule has 0 bridgehead atoms. The molecule has 1 aliphatic rings. The highest BCUT2D eigenvalue weighted by molar-refractivity contribution is 5.99. The normalized spacial score (nSPS) is 15.4. The number of nitrogen functional groups attached to an aromatic ring is 1. The van der Waals surface area contributed by atoms with Crippen LogP contribution in [0, 0.1) is 0 Å². The van der Waals surface area contributed by atoms with Crippen molar-refractivity contribution in [2.24, 2.45) is 0 Å². The van der Waals surface area contributed by atoms with Crippen LogP contribution >= 0.6 is 0 Å². The van der Waals surface area contributed by atoms with Crippen molar-refractivity contribution in [2.45, 2.75) is 18.9 Å². The number of rotatable bonds is 2. The Labute approximate surface area is 76.2 Å². The first-order valence-corrected chi connectivity index (χ1v) is 4.28. The third-order valence-electron chi connectivity index (χ3n) is 2.01. The third kappa shape index (κ3) is 1.77. The molecule has 13 heavy (non-hydrogen) atoms. The van der Waals surface area contributed by atoms with Crippen molar-refractivity contribution in [3.8, 4) is 0 Å². The first-order chi connectivity index (χ1) is 6.27. The maximum absolute atomic E-state index is 11.5. The third-order valence-corrected chi connectivity index (χ3v) is 2.01. The van der Waals surface area contributed by atoms with Crippen LogP contribution in [0.1, 0.15) is 23.2 Å². The van der Waals surface area contributed by atoms with Crippen molar-refractivity contribution >= 4 is 11.6 Å². The van der Waals surface area contributed by atoms with E-state index in [0.29, 0.717) is 17.3 Å². The average molecular weight is 177 g/mol. The van der Waals surface area contributed by atoms with Gasteiger partial charge in [-0.05, 0) is 18.9 Å². The van der Waals surface area contributed by atoms with E-state index in [4.69, 9.17) is 5.73 Å². The fraction of sp³-hybridized carbons (Fsp3) is 0.333. The Morgan fingerprint density at radius 2 is 2.38 bits per heavy atom. The van der Waals surface area contributed by atoms with E-state index in [2.05, 4.69) is 10.3 Å². The zero-order valence-electron chi connectivity index (χ0n) is 7.16. The van der Waals surface area contributed by atoms with Crippen LogP contribution in [0.2, 0.25) is 0 Å². The standard InChI is InChI=1S/C9H11N3O/c10-8-5-11-4-3-7(8)9(13)12-6-1-2-6/h3-6H,1-2,10H2,(H,12,13). The van der Waals surface area contributed by atoms with Gasteiger partial charge >= 0.3 is 0 Å². The summed E-state index contributed by atoms with van der Waals surface area (Å²) in [5, 5.41) is 2.86. The average Bonchev–Trinajstić information content (AvgIpc) is 2.89. The molecule has 1 aromatic rings. The van der Waals surface area contributed by atoms with E-state index in [-0.39, 0.29) is 5.91 Å². The van der Waals surface area contributed by atoms with E-state index in [1.54, 1.807) is 12.3 Å². The molecule has 1 aliphatic carbocycles. The number of hydrogen-bond donors (Lipinski definition) is 2. The summed E-state index contributed by atoms with van der Waals surface area (Å²) in [6, 6.07) is 1.99. The minimum atomic E-state index is -0.0950. The van der Waals surface area contributed by atoms with Gasteiger partial charge in [0.05, 0.1) is 17.4 Å². The molecule has 4 heteroatoms. The summed E-state index contributed by atoms with van der Waals surface area (Å²) in [6.07, 6.45) is 5.22. The summed E-state index contributed by atoms with van der Waals surface area (Å²) in [7, 11) is 0. The number of pyridine rings is 1. The van der Waals surface area contributed by atoms with Gasteiger partial charge in [-0.3, -0.25) is 9.78 Å². The molecule has 0 unspecified atom stereocenters. The van der Waals surface area contributed by atoms with Crippen molar-refractivity contribution < 1.29 is 4.79 Å². The number of carbonyl (C=O) groups excluding carboxylic acids is 1. The molecule has 0 radical (unpaired) electrons. The van der Waals surface area contributed by atoms with E-state index >= 15 is 0 Å². The van der Waals surface area contributed by atoms with Crippen LogP contribution in [0.4, 0.5) is 5.69 Å². The molecule has 0 spiro atoms. The highest BCUT2D eigenvalue weighted by Crippen LogP contribution is 2.20. The largest absolute Gasteiger partial charge is 0.397 e. The van der Waals surface area contributed by atoms with Crippen LogP contribution in [-0.4, -0.2) is 16.9 Å². The second kappa shape index (κ2) is 3.05. The highest BCUT2D eigenvalue weighted by Gasteiger charge is 2.24. The highest BCUT2D eigenvalue weighted by atomic mass is 16.1. The van der Waals surface area contributed by atoms with Gasteiger partial charge in [0.2, 0.25) is 0 Å². The van der Waals surface area contributed by atoms with Gasteiger partial charge in [0.15, 0.2) is 0 Å². The fourth-order valence-electron chi connectivity index (χ4n) is 1.10. The predicted octanol–water partition coefficient (Wildman–Crippen LogP) is 0.556. The monoisotopic (exact) mass is 177 g/mol. The summed E-state index contributed by atoms with van der Waals surface area (Å²) in [6.45, 7) is 0. The number of nitrogens with two attached hydrogens (primary N) is 1. The van der Waals surface area contributed by atoms with Gasteiger partial charge < -0.3 is 11.1 Å².